The zero-order chi connectivity index (χ0) is 35.8. The number of amides is 3. The molecule has 52 heavy (non-hydrogen) atoms. The number of carbonyl (C=O) groups excluding carboxylic acids is 3. The van der Waals surface area contributed by atoms with E-state index in [0.29, 0.717) is 51.0 Å². The van der Waals surface area contributed by atoms with Crippen LogP contribution in [0.3, 0.4) is 0 Å². The normalized spacial score (nSPS) is 21.5. The van der Waals surface area contributed by atoms with Crippen molar-refractivity contribution in [1.82, 2.24) is 30.2 Å². The summed E-state index contributed by atoms with van der Waals surface area (Å²) in [5, 5.41) is 20.2. The number of nitrogens with zero attached hydrogens (tertiary/aromatic N) is 6. The lowest BCUT2D eigenvalue weighted by Gasteiger charge is -2.42. The Hall–Kier alpha value is -4.64. The first-order valence-electron chi connectivity index (χ1n) is 19.2. The van der Waals surface area contributed by atoms with Crippen molar-refractivity contribution in [2.24, 2.45) is 22.0 Å². The van der Waals surface area contributed by atoms with Crippen LogP contribution in [0.4, 0.5) is 4.79 Å². The van der Waals surface area contributed by atoms with E-state index in [4.69, 9.17) is 0 Å². The molecular formula is C41H50N8O3. The van der Waals surface area contributed by atoms with Crippen molar-refractivity contribution in [3.8, 4) is 0 Å². The van der Waals surface area contributed by atoms with E-state index < -0.39 is 6.04 Å². The zero-order valence-electron chi connectivity index (χ0n) is 30.4. The highest BCUT2D eigenvalue weighted by molar-refractivity contribution is 6.07. The number of fused-ring (bicyclic) bond motifs is 2. The first kappa shape index (κ1) is 34.4. The second-order valence-corrected chi connectivity index (χ2v) is 15.6. The number of allylic oxidation sites excluding steroid dienone is 1. The number of rotatable bonds is 7. The summed E-state index contributed by atoms with van der Waals surface area (Å²) in [6.07, 6.45) is 11.2. The monoisotopic (exact) mass is 702 g/mol. The molecule has 3 fully saturated rings. The minimum absolute atomic E-state index is 0.0171. The van der Waals surface area contributed by atoms with Gasteiger partial charge in [0.25, 0.3) is 0 Å². The van der Waals surface area contributed by atoms with Crippen LogP contribution in [0.15, 0.2) is 58.4 Å². The number of aromatic nitrogens is 2. The van der Waals surface area contributed by atoms with Crippen molar-refractivity contribution in [3.05, 3.63) is 70.4 Å². The fourth-order valence-electron chi connectivity index (χ4n) is 9.18. The quantitative estimate of drug-likeness (QED) is 0.344. The third kappa shape index (κ3) is 7.20. The second kappa shape index (κ2) is 14.8. The van der Waals surface area contributed by atoms with Gasteiger partial charge in [-0.15, -0.1) is 0 Å². The first-order valence-corrected chi connectivity index (χ1v) is 19.2. The van der Waals surface area contributed by atoms with E-state index in [1.165, 1.54) is 5.71 Å². The molecule has 1 atom stereocenters. The molecule has 1 aliphatic carbocycles. The lowest BCUT2D eigenvalue weighted by molar-refractivity contribution is -0.135. The molecule has 0 unspecified atom stereocenters. The van der Waals surface area contributed by atoms with Crippen molar-refractivity contribution in [2.45, 2.75) is 83.7 Å². The van der Waals surface area contributed by atoms with Crippen LogP contribution in [0.25, 0.3) is 17.0 Å². The predicted octanol–water partition coefficient (Wildman–Crippen LogP) is 5.34. The Bertz CT molecular complexity index is 1940. The van der Waals surface area contributed by atoms with Crippen molar-refractivity contribution < 1.29 is 14.4 Å². The first-order chi connectivity index (χ1) is 25.3. The Labute approximate surface area is 305 Å². The van der Waals surface area contributed by atoms with Gasteiger partial charge in [0.2, 0.25) is 5.91 Å². The Morgan fingerprint density at radius 2 is 1.62 bits per heavy atom. The van der Waals surface area contributed by atoms with Crippen molar-refractivity contribution in [1.29, 1.82) is 0 Å². The molecule has 0 spiro atoms. The minimum Gasteiger partial charge on any atom is -0.341 e. The van der Waals surface area contributed by atoms with E-state index in [1.807, 2.05) is 34.9 Å². The van der Waals surface area contributed by atoms with Gasteiger partial charge in [0.05, 0.1) is 11.7 Å². The summed E-state index contributed by atoms with van der Waals surface area (Å²) in [6.45, 7) is 8.69. The van der Waals surface area contributed by atoms with E-state index >= 15 is 0 Å². The van der Waals surface area contributed by atoms with E-state index in [0.717, 1.165) is 102 Å². The Morgan fingerprint density at radius 3 is 2.37 bits per heavy atom. The predicted molar refractivity (Wildman–Crippen MR) is 203 cm³/mol. The second-order valence-electron chi connectivity index (χ2n) is 15.6. The highest BCUT2D eigenvalue weighted by atomic mass is 16.2. The molecule has 0 bridgehead atoms. The molecule has 5 heterocycles. The van der Waals surface area contributed by atoms with Crippen LogP contribution in [0.2, 0.25) is 0 Å². The molecule has 11 heteroatoms. The minimum atomic E-state index is -0.682. The van der Waals surface area contributed by atoms with Crippen LogP contribution >= 0.6 is 0 Å². The van der Waals surface area contributed by atoms with Gasteiger partial charge in [0, 0.05) is 74.2 Å². The molecule has 272 valence electrons. The molecule has 0 saturated carbocycles. The molecule has 5 aliphatic rings. The van der Waals surface area contributed by atoms with Gasteiger partial charge in [-0.2, -0.15) is 15.3 Å². The molecule has 11 nitrogen and oxygen atoms in total. The molecule has 2 aromatic carbocycles. The van der Waals surface area contributed by atoms with Crippen molar-refractivity contribution in [2.75, 3.05) is 39.3 Å². The Balaban J connectivity index is 0.904. The van der Waals surface area contributed by atoms with Crippen LogP contribution in [0, 0.1) is 18.8 Å². The summed E-state index contributed by atoms with van der Waals surface area (Å²) in [5.41, 5.74) is 8.50. The molecule has 2 N–H and O–H groups in total. The van der Waals surface area contributed by atoms with E-state index in [-0.39, 0.29) is 23.6 Å². The molecule has 0 radical (unpaired) electrons. The molecule has 4 aliphatic heterocycles. The van der Waals surface area contributed by atoms with Gasteiger partial charge in [-0.05, 0) is 111 Å². The number of ketones is 1. The highest BCUT2D eigenvalue weighted by Crippen LogP contribution is 2.32. The van der Waals surface area contributed by atoms with Gasteiger partial charge in [0.15, 0.2) is 5.78 Å². The summed E-state index contributed by atoms with van der Waals surface area (Å²) in [4.78, 5) is 47.6. The number of piperidine rings is 3. The number of Topliss-reactive ketones (excluding diaryl/α,β-unsaturated/α-hetero) is 1. The third-order valence-electron chi connectivity index (χ3n) is 12.2. The van der Waals surface area contributed by atoms with E-state index in [1.54, 1.807) is 6.20 Å². The average Bonchev–Trinajstić information content (AvgIpc) is 3.84. The molecule has 3 amide bonds. The molecule has 3 saturated heterocycles. The van der Waals surface area contributed by atoms with Gasteiger partial charge in [-0.3, -0.25) is 14.7 Å². The maximum absolute atomic E-state index is 14.3. The van der Waals surface area contributed by atoms with Gasteiger partial charge < -0.3 is 20.0 Å². The maximum atomic E-state index is 14.3. The van der Waals surface area contributed by atoms with Crippen LogP contribution in [0.5, 0.6) is 0 Å². The standard InChI is InChI=1S/C41H50N8O3/c1-26-19-28(21-33-25-42-46-39(26)33)22-37(40(51)48-17-11-34(12-18-48)47-13-9-30(10-14-47)36-20-27(2)44-45-36)43-41(52)49-15-7-29(8-16-49)35-23-31-5-3-4-6-32(31)24-38(35)50/h3-6,19,21,23,25,29-30,34,37H,7-18,20,22,24H2,1-2H3,(H,42,46)(H,43,52)/t37-/m1/s1. The summed E-state index contributed by atoms with van der Waals surface area (Å²) < 4.78 is 0. The molecule has 1 aromatic heterocycles. The smallest absolute Gasteiger partial charge is 0.318 e. The number of carbonyl (C=O) groups is 3. The van der Waals surface area contributed by atoms with Crippen LogP contribution in [0.1, 0.15) is 74.1 Å². The molecular weight excluding hydrogens is 653 g/mol. The van der Waals surface area contributed by atoms with Crippen LogP contribution in [-0.4, -0.2) is 105 Å². The Morgan fingerprint density at radius 1 is 0.885 bits per heavy atom. The number of H-pyrrole nitrogens is 1. The SMILES string of the molecule is CC1=NN=C(C2CCN(C3CCN(C(=O)[C@@H](Cc4cc(C)c5[nH]ncc5c4)NC(=O)N4CCC(C5=Cc6ccccc6CC5=O)CC4)CC3)CC2)C1. The van der Waals surface area contributed by atoms with Gasteiger partial charge in [0.1, 0.15) is 6.04 Å². The number of hydrogen-bond acceptors (Lipinski definition) is 7. The molecule has 3 aromatic rings. The van der Waals surface area contributed by atoms with Crippen LogP contribution < -0.4 is 5.32 Å². The number of aryl methyl sites for hydroxylation is 1. The Kier molecular flexibility index (Phi) is 9.78. The highest BCUT2D eigenvalue weighted by Gasteiger charge is 2.36. The largest absolute Gasteiger partial charge is 0.341 e. The van der Waals surface area contributed by atoms with Crippen molar-refractivity contribution >= 4 is 46.1 Å². The van der Waals surface area contributed by atoms with Gasteiger partial charge in [-0.25, -0.2) is 4.79 Å². The number of aromatic amines is 1. The lowest BCUT2D eigenvalue weighted by atomic mass is 9.80. The fraction of sp³-hybridized carbons (Fsp3) is 0.512. The zero-order valence-corrected chi connectivity index (χ0v) is 30.4. The lowest BCUT2D eigenvalue weighted by Crippen LogP contribution is -2.56. The van der Waals surface area contributed by atoms with Crippen molar-refractivity contribution in [3.63, 3.8) is 0 Å². The maximum Gasteiger partial charge on any atom is 0.318 e. The average molecular weight is 703 g/mol. The number of likely N-dealkylation sites (tertiary alicyclic amines) is 3. The van der Waals surface area contributed by atoms with E-state index in [9.17, 15) is 14.4 Å². The fourth-order valence-corrected chi connectivity index (χ4v) is 9.18. The summed E-state index contributed by atoms with van der Waals surface area (Å²) >= 11 is 0. The number of nitrogens with one attached hydrogen (secondary N) is 2. The number of hydrogen-bond donors (Lipinski definition) is 2. The third-order valence-corrected chi connectivity index (χ3v) is 12.2. The summed E-state index contributed by atoms with van der Waals surface area (Å²) in [7, 11) is 0. The summed E-state index contributed by atoms with van der Waals surface area (Å²) in [5.74, 6) is 0.837. The number of benzene rings is 2. The molecule has 8 rings (SSSR count). The van der Waals surface area contributed by atoms with E-state index in [2.05, 4.69) is 61.8 Å². The van der Waals surface area contributed by atoms with Crippen LogP contribution in [-0.2, 0) is 22.4 Å². The summed E-state index contributed by atoms with van der Waals surface area (Å²) in [6, 6.07) is 11.8. The van der Waals surface area contributed by atoms with Gasteiger partial charge >= 0.3 is 6.03 Å². The number of urea groups is 1. The van der Waals surface area contributed by atoms with Gasteiger partial charge in [-0.1, -0.05) is 30.3 Å². The topological polar surface area (TPSA) is 126 Å².